The van der Waals surface area contributed by atoms with Crippen molar-refractivity contribution in [2.75, 3.05) is 37.7 Å². The van der Waals surface area contributed by atoms with Crippen molar-refractivity contribution in [3.8, 4) is 17.0 Å². The maximum atomic E-state index is 13.0. The van der Waals surface area contributed by atoms with Crippen molar-refractivity contribution >= 4 is 27.4 Å². The van der Waals surface area contributed by atoms with Gasteiger partial charge in [-0.3, -0.25) is 0 Å². The average Bonchev–Trinajstić information content (AvgIpc) is 2.80. The summed E-state index contributed by atoms with van der Waals surface area (Å²) in [5.74, 6) is 1.37. The Labute approximate surface area is 187 Å². The zero-order chi connectivity index (χ0) is 21.8. The van der Waals surface area contributed by atoms with E-state index in [1.165, 1.54) is 4.31 Å². The Bertz CT molecular complexity index is 1130. The normalized spacial score (nSPS) is 15.1. The van der Waals surface area contributed by atoms with E-state index in [0.717, 1.165) is 5.56 Å². The van der Waals surface area contributed by atoms with Crippen LogP contribution in [0, 0.1) is 0 Å². The Morgan fingerprint density at radius 1 is 0.935 bits per heavy atom. The fourth-order valence-electron chi connectivity index (χ4n) is 3.49. The number of aromatic nitrogens is 2. The molecule has 7 nitrogen and oxygen atoms in total. The van der Waals surface area contributed by atoms with Crippen LogP contribution in [0.1, 0.15) is 6.92 Å². The van der Waals surface area contributed by atoms with E-state index in [9.17, 15) is 8.42 Å². The Kier molecular flexibility index (Phi) is 6.41. The van der Waals surface area contributed by atoms with Gasteiger partial charge in [-0.25, -0.2) is 8.42 Å². The second-order valence-corrected chi connectivity index (χ2v) is 9.40. The average molecular weight is 459 g/mol. The number of halogens is 1. The van der Waals surface area contributed by atoms with Gasteiger partial charge in [0.25, 0.3) is 0 Å². The van der Waals surface area contributed by atoms with Crippen molar-refractivity contribution in [1.29, 1.82) is 0 Å². The van der Waals surface area contributed by atoms with E-state index in [4.69, 9.17) is 16.3 Å². The van der Waals surface area contributed by atoms with Crippen LogP contribution >= 0.6 is 11.6 Å². The molecule has 4 rings (SSSR count). The minimum absolute atomic E-state index is 0.272. The summed E-state index contributed by atoms with van der Waals surface area (Å²) < 4.78 is 32.8. The van der Waals surface area contributed by atoms with Gasteiger partial charge in [0.2, 0.25) is 10.0 Å². The summed E-state index contributed by atoms with van der Waals surface area (Å²) in [5, 5.41) is 9.25. The lowest BCUT2D eigenvalue weighted by atomic mass is 10.1. The standard InChI is InChI=1S/C22H23ClN4O3S/c1-2-30-17-7-9-18(10-8-17)31(28,29)27-15-13-26(14-16-27)22-12-11-21(24-25-22)19-5-3-4-6-20(19)23/h3-12H,2,13-16H2,1H3. The molecule has 0 amide bonds. The van der Waals surface area contributed by atoms with Crippen LogP contribution in [-0.2, 0) is 10.0 Å². The molecule has 0 N–H and O–H groups in total. The molecule has 9 heteroatoms. The maximum absolute atomic E-state index is 13.0. The summed E-state index contributed by atoms with van der Waals surface area (Å²) in [6, 6.07) is 17.8. The number of hydrogen-bond acceptors (Lipinski definition) is 6. The topological polar surface area (TPSA) is 75.6 Å². The number of benzene rings is 2. The van der Waals surface area contributed by atoms with Gasteiger partial charge in [-0.2, -0.15) is 4.31 Å². The number of nitrogens with zero attached hydrogens (tertiary/aromatic N) is 4. The first-order chi connectivity index (χ1) is 15.0. The third-order valence-electron chi connectivity index (χ3n) is 5.14. The van der Waals surface area contributed by atoms with Crippen molar-refractivity contribution in [3.05, 3.63) is 65.7 Å². The van der Waals surface area contributed by atoms with Crippen molar-refractivity contribution in [2.45, 2.75) is 11.8 Å². The predicted molar refractivity (Wildman–Crippen MR) is 121 cm³/mol. The molecule has 0 unspecified atom stereocenters. The lowest BCUT2D eigenvalue weighted by Gasteiger charge is -2.34. The highest BCUT2D eigenvalue weighted by Gasteiger charge is 2.29. The summed E-state index contributed by atoms with van der Waals surface area (Å²) in [5.41, 5.74) is 1.53. The van der Waals surface area contributed by atoms with Crippen molar-refractivity contribution in [1.82, 2.24) is 14.5 Å². The number of hydrogen-bond donors (Lipinski definition) is 0. The van der Waals surface area contributed by atoms with Crippen LogP contribution in [0.5, 0.6) is 5.75 Å². The Balaban J connectivity index is 1.42. The molecule has 0 aliphatic carbocycles. The van der Waals surface area contributed by atoms with Gasteiger partial charge < -0.3 is 9.64 Å². The van der Waals surface area contributed by atoms with Gasteiger partial charge in [0.1, 0.15) is 5.75 Å². The number of piperazine rings is 1. The van der Waals surface area contributed by atoms with E-state index in [0.29, 0.717) is 55.1 Å². The van der Waals surface area contributed by atoms with Gasteiger partial charge in [-0.05, 0) is 49.4 Å². The van der Waals surface area contributed by atoms with Crippen LogP contribution in [0.15, 0.2) is 65.6 Å². The summed E-state index contributed by atoms with van der Waals surface area (Å²) in [6.45, 7) is 4.26. The Morgan fingerprint density at radius 3 is 2.26 bits per heavy atom. The van der Waals surface area contributed by atoms with Gasteiger partial charge in [0.15, 0.2) is 5.82 Å². The largest absolute Gasteiger partial charge is 0.494 e. The first kappa shape index (κ1) is 21.5. The smallest absolute Gasteiger partial charge is 0.243 e. The Hall–Kier alpha value is -2.68. The molecule has 31 heavy (non-hydrogen) atoms. The van der Waals surface area contributed by atoms with E-state index >= 15 is 0 Å². The minimum atomic E-state index is -3.55. The molecule has 0 saturated carbocycles. The number of anilines is 1. The van der Waals surface area contributed by atoms with E-state index in [-0.39, 0.29) is 4.90 Å². The Morgan fingerprint density at radius 2 is 1.65 bits per heavy atom. The zero-order valence-corrected chi connectivity index (χ0v) is 18.7. The molecule has 1 aliphatic heterocycles. The molecule has 0 spiro atoms. The summed E-state index contributed by atoms with van der Waals surface area (Å²) >= 11 is 6.23. The summed E-state index contributed by atoms with van der Waals surface area (Å²) in [4.78, 5) is 2.31. The van der Waals surface area contributed by atoms with Crippen molar-refractivity contribution in [2.24, 2.45) is 0 Å². The molecule has 0 radical (unpaired) electrons. The summed E-state index contributed by atoms with van der Waals surface area (Å²) in [7, 11) is -3.55. The molecule has 1 aromatic heterocycles. The quantitative estimate of drug-likeness (QED) is 0.560. The minimum Gasteiger partial charge on any atom is -0.494 e. The second kappa shape index (κ2) is 9.21. The molecular weight excluding hydrogens is 436 g/mol. The van der Waals surface area contributed by atoms with Crippen molar-refractivity contribution < 1.29 is 13.2 Å². The molecular formula is C22H23ClN4O3S. The number of rotatable bonds is 6. The molecule has 1 fully saturated rings. The number of sulfonamides is 1. The van der Waals surface area contributed by atoms with Crippen LogP contribution < -0.4 is 9.64 Å². The third-order valence-corrected chi connectivity index (χ3v) is 7.38. The maximum Gasteiger partial charge on any atom is 0.243 e. The molecule has 0 bridgehead atoms. The van der Waals surface area contributed by atoms with Crippen LogP contribution in [0.25, 0.3) is 11.3 Å². The molecule has 2 heterocycles. The number of ether oxygens (including phenoxy) is 1. The van der Waals surface area contributed by atoms with Gasteiger partial charge in [0.05, 0.1) is 22.2 Å². The van der Waals surface area contributed by atoms with E-state index in [1.807, 2.05) is 48.2 Å². The molecule has 1 aliphatic rings. The van der Waals surface area contributed by atoms with Gasteiger partial charge in [0, 0.05) is 31.7 Å². The molecule has 1 saturated heterocycles. The van der Waals surface area contributed by atoms with Crippen molar-refractivity contribution in [3.63, 3.8) is 0 Å². The first-order valence-corrected chi connectivity index (χ1v) is 11.9. The highest BCUT2D eigenvalue weighted by atomic mass is 35.5. The second-order valence-electron chi connectivity index (χ2n) is 7.05. The fourth-order valence-corrected chi connectivity index (χ4v) is 5.14. The molecule has 3 aromatic rings. The summed E-state index contributed by atoms with van der Waals surface area (Å²) in [6.07, 6.45) is 0. The lowest BCUT2D eigenvalue weighted by Crippen LogP contribution is -2.48. The van der Waals surface area contributed by atoms with Gasteiger partial charge in [-0.15, -0.1) is 10.2 Å². The van der Waals surface area contributed by atoms with E-state index in [1.54, 1.807) is 24.3 Å². The third kappa shape index (κ3) is 4.66. The molecule has 2 aromatic carbocycles. The van der Waals surface area contributed by atoms with Crippen LogP contribution in [0.4, 0.5) is 5.82 Å². The highest BCUT2D eigenvalue weighted by Crippen LogP contribution is 2.27. The molecule has 0 atom stereocenters. The van der Waals surface area contributed by atoms with E-state index < -0.39 is 10.0 Å². The first-order valence-electron chi connectivity index (χ1n) is 10.1. The van der Waals surface area contributed by atoms with Gasteiger partial charge >= 0.3 is 0 Å². The fraction of sp³-hybridized carbons (Fsp3) is 0.273. The van der Waals surface area contributed by atoms with Gasteiger partial charge in [-0.1, -0.05) is 29.8 Å². The van der Waals surface area contributed by atoms with E-state index in [2.05, 4.69) is 10.2 Å². The zero-order valence-electron chi connectivity index (χ0n) is 17.1. The predicted octanol–water partition coefficient (Wildman–Crippen LogP) is 3.71. The molecule has 162 valence electrons. The monoisotopic (exact) mass is 458 g/mol. The highest BCUT2D eigenvalue weighted by molar-refractivity contribution is 7.89. The lowest BCUT2D eigenvalue weighted by molar-refractivity contribution is 0.340. The van der Waals surface area contributed by atoms with Crippen LogP contribution in [0.3, 0.4) is 0 Å². The van der Waals surface area contributed by atoms with Crippen LogP contribution in [0.2, 0.25) is 5.02 Å². The SMILES string of the molecule is CCOc1ccc(S(=O)(=O)N2CCN(c3ccc(-c4ccccc4Cl)nn3)CC2)cc1. The van der Waals surface area contributed by atoms with Crippen LogP contribution in [-0.4, -0.2) is 55.7 Å².